The second-order valence-electron chi connectivity index (χ2n) is 6.28. The van der Waals surface area contributed by atoms with Crippen LogP contribution in [0, 0.1) is 0 Å². The molecule has 0 bridgehead atoms. The fourth-order valence-corrected chi connectivity index (χ4v) is 3.74. The zero-order valence-electron chi connectivity index (χ0n) is 14.6. The van der Waals surface area contributed by atoms with E-state index in [4.69, 9.17) is 34.8 Å². The maximum Gasteiger partial charge on any atom is 0.262 e. The van der Waals surface area contributed by atoms with Crippen LogP contribution < -0.4 is 4.90 Å². The number of anilines is 1. The van der Waals surface area contributed by atoms with Gasteiger partial charge in [-0.1, -0.05) is 77.3 Å². The molecule has 0 atom stereocenters. The van der Waals surface area contributed by atoms with Crippen molar-refractivity contribution in [2.75, 3.05) is 4.90 Å². The number of amides is 1. The summed E-state index contributed by atoms with van der Waals surface area (Å²) in [6.07, 6.45) is 3.64. The van der Waals surface area contributed by atoms with Crippen molar-refractivity contribution in [2.45, 2.75) is 0 Å². The second kappa shape index (κ2) is 7.84. The quantitative estimate of drug-likeness (QED) is 0.408. The molecule has 3 aromatic carbocycles. The van der Waals surface area contributed by atoms with Crippen LogP contribution in [0.3, 0.4) is 0 Å². The molecule has 0 saturated heterocycles. The van der Waals surface area contributed by atoms with Gasteiger partial charge in [0.15, 0.2) is 0 Å². The van der Waals surface area contributed by atoms with Gasteiger partial charge in [0.1, 0.15) is 0 Å². The normalized spacial score (nSPS) is 15.2. The molecule has 2 nitrogen and oxygen atoms in total. The zero-order valence-corrected chi connectivity index (χ0v) is 16.8. The lowest BCUT2D eigenvalue weighted by Gasteiger charge is -2.21. The predicted molar refractivity (Wildman–Crippen MR) is 118 cm³/mol. The first-order chi connectivity index (χ1) is 13.5. The van der Waals surface area contributed by atoms with Gasteiger partial charge in [-0.2, -0.15) is 0 Å². The molecule has 0 N–H and O–H groups in total. The lowest BCUT2D eigenvalue weighted by Crippen LogP contribution is -2.24. The third-order valence-corrected chi connectivity index (χ3v) is 5.19. The molecule has 0 fully saturated rings. The Morgan fingerprint density at radius 1 is 0.786 bits per heavy atom. The summed E-state index contributed by atoms with van der Waals surface area (Å²) in [5.41, 5.74) is 3.68. The van der Waals surface area contributed by atoms with Crippen LogP contribution in [0.4, 0.5) is 5.69 Å². The molecule has 138 valence electrons. The molecule has 0 spiro atoms. The molecule has 1 heterocycles. The molecule has 4 rings (SSSR count). The summed E-state index contributed by atoms with van der Waals surface area (Å²) < 4.78 is 0. The van der Waals surface area contributed by atoms with Crippen LogP contribution in [0.1, 0.15) is 11.1 Å². The summed E-state index contributed by atoms with van der Waals surface area (Å²) in [6, 6.07) is 22.2. The molecule has 0 aromatic heterocycles. The summed E-state index contributed by atoms with van der Waals surface area (Å²) in [5.74, 6) is -0.146. The maximum absolute atomic E-state index is 13.3. The Morgan fingerprint density at radius 2 is 1.54 bits per heavy atom. The maximum atomic E-state index is 13.3. The predicted octanol–water partition coefficient (Wildman–Crippen LogP) is 7.12. The summed E-state index contributed by atoms with van der Waals surface area (Å²) in [6.45, 7) is 0. The largest absolute Gasteiger partial charge is 0.276 e. The Morgan fingerprint density at radius 3 is 2.25 bits per heavy atom. The van der Waals surface area contributed by atoms with Crippen molar-refractivity contribution in [3.63, 3.8) is 0 Å². The van der Waals surface area contributed by atoms with Gasteiger partial charge in [0.25, 0.3) is 5.91 Å². The zero-order chi connectivity index (χ0) is 19.7. The van der Waals surface area contributed by atoms with Crippen molar-refractivity contribution >= 4 is 58.2 Å². The van der Waals surface area contributed by atoms with E-state index in [1.807, 2.05) is 48.5 Å². The fourth-order valence-electron chi connectivity index (χ4n) is 3.09. The van der Waals surface area contributed by atoms with E-state index in [1.54, 1.807) is 41.3 Å². The lowest BCUT2D eigenvalue weighted by atomic mass is 10.1. The molecule has 28 heavy (non-hydrogen) atoms. The minimum absolute atomic E-state index is 0.146. The molecule has 0 saturated carbocycles. The summed E-state index contributed by atoms with van der Waals surface area (Å²) >= 11 is 18.4. The number of hydrogen-bond donors (Lipinski definition) is 0. The summed E-state index contributed by atoms with van der Waals surface area (Å²) in [4.78, 5) is 14.9. The van der Waals surface area contributed by atoms with Crippen molar-refractivity contribution in [1.29, 1.82) is 0 Å². The van der Waals surface area contributed by atoms with Crippen molar-refractivity contribution in [3.8, 4) is 0 Å². The van der Waals surface area contributed by atoms with Gasteiger partial charge in [-0.25, -0.2) is 0 Å². The highest BCUT2D eigenvalue weighted by atomic mass is 35.5. The highest BCUT2D eigenvalue weighted by molar-refractivity contribution is 6.36. The standard InChI is InChI=1S/C23H14Cl3NO/c24-18-7-4-8-20(13-18)27-22(15-5-2-1-3-6-15)12-17(23(27)28)11-16-9-10-19(25)14-21(16)26/h1-14H/b17-11+. The molecule has 0 radical (unpaired) electrons. The van der Waals surface area contributed by atoms with Crippen LogP contribution in [-0.4, -0.2) is 5.91 Å². The van der Waals surface area contributed by atoms with E-state index < -0.39 is 0 Å². The van der Waals surface area contributed by atoms with E-state index in [2.05, 4.69) is 0 Å². The second-order valence-corrected chi connectivity index (χ2v) is 7.56. The number of carbonyl (C=O) groups is 1. The average Bonchev–Trinajstić information content (AvgIpc) is 3.01. The van der Waals surface area contributed by atoms with Gasteiger partial charge in [-0.05, 0) is 53.6 Å². The van der Waals surface area contributed by atoms with Crippen molar-refractivity contribution in [1.82, 2.24) is 0 Å². The molecule has 0 unspecified atom stereocenters. The fraction of sp³-hybridized carbons (Fsp3) is 0. The van der Waals surface area contributed by atoms with E-state index in [-0.39, 0.29) is 5.91 Å². The van der Waals surface area contributed by atoms with Crippen LogP contribution in [0.25, 0.3) is 11.8 Å². The Hall–Kier alpha value is -2.52. The first-order valence-electron chi connectivity index (χ1n) is 8.57. The van der Waals surface area contributed by atoms with E-state index in [1.165, 1.54) is 0 Å². The van der Waals surface area contributed by atoms with Crippen LogP contribution in [0.2, 0.25) is 15.1 Å². The number of carbonyl (C=O) groups excluding carboxylic acids is 1. The van der Waals surface area contributed by atoms with Gasteiger partial charge in [0.2, 0.25) is 0 Å². The van der Waals surface area contributed by atoms with Crippen LogP contribution in [0.5, 0.6) is 0 Å². The van der Waals surface area contributed by atoms with E-state index in [0.29, 0.717) is 26.3 Å². The SMILES string of the molecule is O=C1/C(=C/c2ccc(Cl)cc2Cl)C=C(c2ccccc2)N1c1cccc(Cl)c1. The number of nitrogens with zero attached hydrogens (tertiary/aromatic N) is 1. The Labute approximate surface area is 178 Å². The first-order valence-corrected chi connectivity index (χ1v) is 9.70. The molecular weight excluding hydrogens is 413 g/mol. The Balaban J connectivity index is 1.84. The third-order valence-electron chi connectivity index (χ3n) is 4.39. The van der Waals surface area contributed by atoms with E-state index >= 15 is 0 Å². The number of halogens is 3. The van der Waals surface area contributed by atoms with Gasteiger partial charge >= 0.3 is 0 Å². The molecule has 3 aromatic rings. The monoisotopic (exact) mass is 425 g/mol. The number of benzene rings is 3. The number of rotatable bonds is 3. The highest BCUT2D eigenvalue weighted by Crippen LogP contribution is 2.36. The molecular formula is C23H14Cl3NO. The Bertz CT molecular complexity index is 1120. The van der Waals surface area contributed by atoms with Gasteiger partial charge in [-0.15, -0.1) is 0 Å². The molecule has 1 aliphatic heterocycles. The van der Waals surface area contributed by atoms with Crippen molar-refractivity contribution < 1.29 is 4.79 Å². The molecule has 1 amide bonds. The first kappa shape index (κ1) is 18.8. The van der Waals surface area contributed by atoms with Crippen LogP contribution in [-0.2, 0) is 4.79 Å². The molecule has 1 aliphatic rings. The van der Waals surface area contributed by atoms with E-state index in [9.17, 15) is 4.79 Å². The highest BCUT2D eigenvalue weighted by Gasteiger charge is 2.30. The van der Waals surface area contributed by atoms with E-state index in [0.717, 1.165) is 16.8 Å². The third kappa shape index (κ3) is 3.72. The van der Waals surface area contributed by atoms with Crippen LogP contribution >= 0.6 is 34.8 Å². The lowest BCUT2D eigenvalue weighted by molar-refractivity contribution is -0.113. The van der Waals surface area contributed by atoms with Crippen LogP contribution in [0.15, 0.2) is 84.4 Å². The average molecular weight is 427 g/mol. The topological polar surface area (TPSA) is 20.3 Å². The van der Waals surface area contributed by atoms with Gasteiger partial charge < -0.3 is 0 Å². The number of hydrogen-bond acceptors (Lipinski definition) is 1. The van der Waals surface area contributed by atoms with Gasteiger partial charge in [-0.3, -0.25) is 9.69 Å². The molecule has 0 aliphatic carbocycles. The Kier molecular flexibility index (Phi) is 5.27. The summed E-state index contributed by atoms with van der Waals surface area (Å²) in [5, 5.41) is 1.60. The molecule has 5 heteroatoms. The summed E-state index contributed by atoms with van der Waals surface area (Å²) in [7, 11) is 0. The van der Waals surface area contributed by atoms with Crippen molar-refractivity contribution in [2.24, 2.45) is 0 Å². The van der Waals surface area contributed by atoms with Gasteiger partial charge in [0, 0.05) is 20.6 Å². The minimum Gasteiger partial charge on any atom is -0.276 e. The van der Waals surface area contributed by atoms with Crippen molar-refractivity contribution in [3.05, 3.63) is 111 Å². The van der Waals surface area contributed by atoms with Gasteiger partial charge in [0.05, 0.1) is 11.4 Å². The smallest absolute Gasteiger partial charge is 0.262 e. The minimum atomic E-state index is -0.146.